The Bertz CT molecular complexity index is 390. The molecule has 1 unspecified atom stereocenters. The molecule has 3 heteroatoms. The fourth-order valence-electron chi connectivity index (χ4n) is 1.03. The summed E-state index contributed by atoms with van der Waals surface area (Å²) < 4.78 is 0. The molecule has 0 aliphatic carbocycles. The summed E-state index contributed by atoms with van der Waals surface area (Å²) in [5.41, 5.74) is 6.23. The van der Waals surface area contributed by atoms with Crippen molar-refractivity contribution in [2.75, 3.05) is 6.26 Å². The molecule has 1 aromatic rings. The van der Waals surface area contributed by atoms with Crippen molar-refractivity contribution in [3.63, 3.8) is 0 Å². The minimum absolute atomic E-state index is 0.102. The number of nitrogens with one attached hydrogen (secondary N) is 1. The summed E-state index contributed by atoms with van der Waals surface area (Å²) in [6.45, 7) is 3.61. The van der Waals surface area contributed by atoms with Gasteiger partial charge in [-0.3, -0.25) is 5.41 Å². The monoisotopic (exact) mass is 192 g/mol. The molecule has 0 aliphatic heterocycles. The van der Waals surface area contributed by atoms with Crippen LogP contribution in [0.1, 0.15) is 5.56 Å². The molecule has 68 valence electrons. The molecular formula is C10H12N2S. The molecular weight excluding hydrogens is 180 g/mol. The number of nitrogens with two attached hydrogens (primary N) is 1. The molecule has 0 aromatic heterocycles. The third kappa shape index (κ3) is 2.08. The predicted molar refractivity (Wildman–Crippen MR) is 59.9 cm³/mol. The van der Waals surface area contributed by atoms with Gasteiger partial charge in [0.1, 0.15) is 5.84 Å². The molecule has 0 saturated heterocycles. The quantitative estimate of drug-likeness (QED) is 0.419. The number of hydrogen-bond donors (Lipinski definition) is 2. The van der Waals surface area contributed by atoms with Crippen molar-refractivity contribution in [3.8, 4) is 0 Å². The van der Waals surface area contributed by atoms with Crippen LogP contribution in [0.4, 0.5) is 0 Å². The highest BCUT2D eigenvalue weighted by Gasteiger charge is 2.03. The maximum atomic E-state index is 7.38. The van der Waals surface area contributed by atoms with Gasteiger partial charge in [-0.2, -0.15) is 0 Å². The second-order valence-electron chi connectivity index (χ2n) is 2.56. The van der Waals surface area contributed by atoms with E-state index < -0.39 is 0 Å². The summed E-state index contributed by atoms with van der Waals surface area (Å²) in [6, 6.07) is 7.61. The molecule has 2 nitrogen and oxygen atoms in total. The van der Waals surface area contributed by atoms with E-state index >= 15 is 0 Å². The second kappa shape index (κ2) is 4.08. The van der Waals surface area contributed by atoms with Crippen LogP contribution in [0, 0.1) is 5.41 Å². The lowest BCUT2D eigenvalue weighted by Crippen LogP contribution is -2.12. The van der Waals surface area contributed by atoms with Gasteiger partial charge in [0.05, 0.1) is 0 Å². The lowest BCUT2D eigenvalue weighted by Gasteiger charge is -2.06. The zero-order valence-electron chi connectivity index (χ0n) is 7.50. The molecule has 0 radical (unpaired) electrons. The van der Waals surface area contributed by atoms with Gasteiger partial charge < -0.3 is 5.73 Å². The summed E-state index contributed by atoms with van der Waals surface area (Å²) in [5.74, 6) is 0.102. The first-order valence-corrected chi connectivity index (χ1v) is 5.42. The van der Waals surface area contributed by atoms with Crippen LogP contribution in [0.25, 0.3) is 0 Å². The molecule has 13 heavy (non-hydrogen) atoms. The SMILES string of the molecule is C=C=S(C)c1ccccc1C(=N)N. The first-order valence-electron chi connectivity index (χ1n) is 3.79. The normalized spacial score (nSPS) is 11.8. The van der Waals surface area contributed by atoms with Crippen LogP contribution >= 0.6 is 10.5 Å². The van der Waals surface area contributed by atoms with Crippen molar-refractivity contribution in [1.29, 1.82) is 5.41 Å². The van der Waals surface area contributed by atoms with Crippen LogP contribution in [-0.2, 0) is 0 Å². The molecule has 3 N–H and O–H groups in total. The van der Waals surface area contributed by atoms with E-state index in [2.05, 4.69) is 11.6 Å². The number of amidine groups is 1. The molecule has 0 bridgehead atoms. The van der Waals surface area contributed by atoms with Crippen LogP contribution in [0.3, 0.4) is 0 Å². The van der Waals surface area contributed by atoms with Gasteiger partial charge in [-0.25, -0.2) is 0 Å². The van der Waals surface area contributed by atoms with E-state index in [0.717, 1.165) is 10.5 Å². The van der Waals surface area contributed by atoms with Crippen molar-refractivity contribution in [1.82, 2.24) is 0 Å². The lowest BCUT2D eigenvalue weighted by atomic mass is 10.2. The zero-order valence-corrected chi connectivity index (χ0v) is 8.32. The van der Waals surface area contributed by atoms with Gasteiger partial charge in [-0.1, -0.05) is 29.8 Å². The third-order valence-electron chi connectivity index (χ3n) is 1.72. The largest absolute Gasteiger partial charge is 0.384 e. The molecule has 0 fully saturated rings. The predicted octanol–water partition coefficient (Wildman–Crippen LogP) is 1.82. The topological polar surface area (TPSA) is 49.9 Å². The van der Waals surface area contributed by atoms with Crippen LogP contribution in [-0.4, -0.2) is 17.1 Å². The fourth-order valence-corrected chi connectivity index (χ4v) is 1.98. The van der Waals surface area contributed by atoms with E-state index in [9.17, 15) is 0 Å². The Morgan fingerprint density at radius 2 is 2.15 bits per heavy atom. The van der Waals surface area contributed by atoms with E-state index in [-0.39, 0.29) is 16.3 Å². The van der Waals surface area contributed by atoms with Crippen molar-refractivity contribution < 1.29 is 0 Å². The molecule has 1 rings (SSSR count). The van der Waals surface area contributed by atoms with E-state index in [1.54, 1.807) is 0 Å². The number of hydrogen-bond acceptors (Lipinski definition) is 1. The summed E-state index contributed by atoms with van der Waals surface area (Å²) in [6.07, 6.45) is 2.01. The first kappa shape index (κ1) is 9.78. The smallest absolute Gasteiger partial charge is 0.123 e. The van der Waals surface area contributed by atoms with Gasteiger partial charge in [0.15, 0.2) is 0 Å². The first-order chi connectivity index (χ1) is 6.16. The summed E-state index contributed by atoms with van der Waals surface area (Å²) in [4.78, 5) is 1.03. The minimum atomic E-state index is -0.154. The molecule has 1 aromatic carbocycles. The van der Waals surface area contributed by atoms with Crippen molar-refractivity contribution in [2.45, 2.75) is 4.90 Å². The lowest BCUT2D eigenvalue weighted by molar-refractivity contribution is 1.34. The Morgan fingerprint density at radius 3 is 2.69 bits per heavy atom. The molecule has 0 aliphatic rings. The Kier molecular flexibility index (Phi) is 3.07. The Balaban J connectivity index is 3.36. The van der Waals surface area contributed by atoms with Crippen molar-refractivity contribution in [3.05, 3.63) is 36.4 Å². The number of nitrogen functional groups attached to an aromatic ring is 1. The highest BCUT2D eigenvalue weighted by Crippen LogP contribution is 2.24. The van der Waals surface area contributed by atoms with Gasteiger partial charge in [0, 0.05) is 10.5 Å². The van der Waals surface area contributed by atoms with Gasteiger partial charge in [-0.15, -0.1) is 10.5 Å². The Morgan fingerprint density at radius 1 is 1.54 bits per heavy atom. The Labute approximate surface area is 80.5 Å². The maximum Gasteiger partial charge on any atom is 0.123 e. The van der Waals surface area contributed by atoms with Crippen LogP contribution in [0.2, 0.25) is 0 Å². The number of rotatable bonds is 2. The summed E-state index contributed by atoms with van der Waals surface area (Å²) in [7, 11) is -0.154. The van der Waals surface area contributed by atoms with Gasteiger partial charge >= 0.3 is 0 Å². The second-order valence-corrected chi connectivity index (χ2v) is 4.31. The third-order valence-corrected chi connectivity index (χ3v) is 3.17. The van der Waals surface area contributed by atoms with Crippen LogP contribution in [0.5, 0.6) is 0 Å². The zero-order chi connectivity index (χ0) is 9.84. The van der Waals surface area contributed by atoms with Crippen LogP contribution < -0.4 is 5.73 Å². The Hall–Kier alpha value is -1.31. The summed E-state index contributed by atoms with van der Waals surface area (Å²) >= 11 is 0. The highest BCUT2D eigenvalue weighted by atomic mass is 32.2. The molecule has 0 amide bonds. The van der Waals surface area contributed by atoms with E-state index in [0.29, 0.717) is 0 Å². The molecule has 0 heterocycles. The van der Waals surface area contributed by atoms with Gasteiger partial charge in [-0.05, 0) is 12.3 Å². The van der Waals surface area contributed by atoms with Crippen LogP contribution in [0.15, 0.2) is 35.7 Å². The molecule has 0 spiro atoms. The highest BCUT2D eigenvalue weighted by molar-refractivity contribution is 8.14. The van der Waals surface area contributed by atoms with E-state index in [4.69, 9.17) is 11.1 Å². The van der Waals surface area contributed by atoms with Crippen molar-refractivity contribution in [2.24, 2.45) is 5.73 Å². The molecule has 0 saturated carbocycles. The van der Waals surface area contributed by atoms with E-state index in [1.807, 2.05) is 30.5 Å². The average Bonchev–Trinajstić information content (AvgIpc) is 2.16. The minimum Gasteiger partial charge on any atom is -0.384 e. The summed E-state index contributed by atoms with van der Waals surface area (Å²) in [5, 5.41) is 10.3. The standard InChI is InChI=1S/C10H12N2S/c1-3-13(2)9-7-5-4-6-8(9)10(11)12/h4-7H,1H2,2H3,(H3,11,12). The average molecular weight is 192 g/mol. The number of benzene rings is 1. The molecule has 1 atom stereocenters. The van der Waals surface area contributed by atoms with E-state index in [1.165, 1.54) is 0 Å². The van der Waals surface area contributed by atoms with Gasteiger partial charge in [0.25, 0.3) is 0 Å². The van der Waals surface area contributed by atoms with Gasteiger partial charge in [0.2, 0.25) is 0 Å². The fraction of sp³-hybridized carbons (Fsp3) is 0.100. The maximum absolute atomic E-state index is 7.38. The van der Waals surface area contributed by atoms with Crippen molar-refractivity contribution >= 4 is 21.3 Å².